The zero-order valence-corrected chi connectivity index (χ0v) is 13.6. The van der Waals surface area contributed by atoms with Crippen LogP contribution in [0.1, 0.15) is 57.3 Å². The van der Waals surface area contributed by atoms with Gasteiger partial charge >= 0.3 is 0 Å². The van der Waals surface area contributed by atoms with Crippen molar-refractivity contribution in [1.82, 2.24) is 9.55 Å². The van der Waals surface area contributed by atoms with E-state index in [-0.39, 0.29) is 0 Å². The first kappa shape index (κ1) is 14.9. The highest BCUT2D eigenvalue weighted by Gasteiger charge is 2.30. The topological polar surface area (TPSA) is 43.8 Å². The summed E-state index contributed by atoms with van der Waals surface area (Å²) in [7, 11) is 0. The van der Waals surface area contributed by atoms with E-state index in [2.05, 4.69) is 24.5 Å². The predicted octanol–water partition coefficient (Wildman–Crippen LogP) is 4.50. The molecule has 2 N–H and O–H groups in total. The van der Waals surface area contributed by atoms with Crippen LogP contribution >= 0.6 is 11.6 Å². The Hall–Kier alpha value is -1.06. The van der Waals surface area contributed by atoms with Crippen LogP contribution in [0.3, 0.4) is 0 Å². The Morgan fingerprint density at radius 2 is 2.10 bits per heavy atom. The number of hydrogen-bond donors (Lipinski definition) is 1. The fourth-order valence-electron chi connectivity index (χ4n) is 3.74. The molecule has 2 atom stereocenters. The Morgan fingerprint density at radius 3 is 2.81 bits per heavy atom. The number of fused-ring (bicyclic) bond motifs is 1. The van der Waals surface area contributed by atoms with E-state index < -0.39 is 0 Å². The Balaban J connectivity index is 2.17. The second-order valence-electron chi connectivity index (χ2n) is 6.43. The Labute approximate surface area is 131 Å². The van der Waals surface area contributed by atoms with Crippen LogP contribution in [0.4, 0.5) is 0 Å². The highest BCUT2D eigenvalue weighted by Crippen LogP contribution is 2.40. The second-order valence-corrected chi connectivity index (χ2v) is 6.84. The Kier molecular flexibility index (Phi) is 4.23. The molecule has 3 nitrogen and oxygen atoms in total. The van der Waals surface area contributed by atoms with Crippen molar-refractivity contribution in [3.63, 3.8) is 0 Å². The van der Waals surface area contributed by atoms with Gasteiger partial charge in [0, 0.05) is 12.0 Å². The summed E-state index contributed by atoms with van der Waals surface area (Å²) in [5.74, 6) is 2.20. The molecule has 1 aromatic heterocycles. The first-order valence-electron chi connectivity index (χ1n) is 8.00. The maximum atomic E-state index is 6.44. The molecule has 0 spiro atoms. The number of halogens is 1. The van der Waals surface area contributed by atoms with Crippen LogP contribution in [0.15, 0.2) is 18.2 Å². The van der Waals surface area contributed by atoms with Gasteiger partial charge in [-0.2, -0.15) is 0 Å². The molecule has 3 rings (SSSR count). The Bertz CT molecular complexity index is 632. The number of hydrogen-bond acceptors (Lipinski definition) is 2. The summed E-state index contributed by atoms with van der Waals surface area (Å²) in [6, 6.07) is 6.34. The van der Waals surface area contributed by atoms with Crippen molar-refractivity contribution in [3.8, 4) is 0 Å². The van der Waals surface area contributed by atoms with Crippen molar-refractivity contribution in [2.24, 2.45) is 11.7 Å². The number of para-hydroxylation sites is 1. The molecule has 1 saturated carbocycles. The average molecular weight is 306 g/mol. The molecule has 2 aromatic rings. The number of nitrogens with two attached hydrogens (primary N) is 1. The van der Waals surface area contributed by atoms with Crippen molar-refractivity contribution < 1.29 is 0 Å². The molecule has 2 unspecified atom stereocenters. The summed E-state index contributed by atoms with van der Waals surface area (Å²) < 4.78 is 2.33. The molecule has 114 valence electrons. The fourth-order valence-corrected chi connectivity index (χ4v) is 4.00. The van der Waals surface area contributed by atoms with Crippen LogP contribution in [-0.2, 0) is 0 Å². The van der Waals surface area contributed by atoms with Gasteiger partial charge in [0.05, 0.1) is 16.1 Å². The Morgan fingerprint density at radius 1 is 1.33 bits per heavy atom. The van der Waals surface area contributed by atoms with Crippen molar-refractivity contribution in [2.75, 3.05) is 6.54 Å². The second kappa shape index (κ2) is 5.98. The van der Waals surface area contributed by atoms with Crippen molar-refractivity contribution in [1.29, 1.82) is 0 Å². The predicted molar refractivity (Wildman–Crippen MR) is 88.9 cm³/mol. The van der Waals surface area contributed by atoms with Crippen LogP contribution in [0.2, 0.25) is 5.02 Å². The molecule has 1 aliphatic carbocycles. The third-order valence-electron chi connectivity index (χ3n) is 4.75. The van der Waals surface area contributed by atoms with Gasteiger partial charge in [-0.15, -0.1) is 0 Å². The lowest BCUT2D eigenvalue weighted by atomic mass is 9.78. The molecule has 0 radical (unpaired) electrons. The molecular weight excluding hydrogens is 282 g/mol. The summed E-state index contributed by atoms with van der Waals surface area (Å²) in [6.07, 6.45) is 4.98. The first-order chi connectivity index (χ1) is 10.1. The van der Waals surface area contributed by atoms with E-state index in [1.54, 1.807) is 0 Å². The largest absolute Gasteiger partial charge is 0.330 e. The zero-order chi connectivity index (χ0) is 15.0. The standard InChI is InChI=1S/C17H24ClN3/c1-11(2)21-16-14(18)8-5-9-15(16)20-17(21)13-7-4-3-6-12(13)10-19/h5,8-9,11-13H,3-4,6-7,10,19H2,1-2H3. The number of benzene rings is 1. The van der Waals surface area contributed by atoms with E-state index in [4.69, 9.17) is 22.3 Å². The number of nitrogens with zero attached hydrogens (tertiary/aromatic N) is 2. The molecule has 0 bridgehead atoms. The van der Waals surface area contributed by atoms with Gasteiger partial charge in [0.15, 0.2) is 0 Å². The molecule has 4 heteroatoms. The van der Waals surface area contributed by atoms with E-state index >= 15 is 0 Å². The highest BCUT2D eigenvalue weighted by atomic mass is 35.5. The molecule has 21 heavy (non-hydrogen) atoms. The van der Waals surface area contributed by atoms with Crippen LogP contribution in [0.5, 0.6) is 0 Å². The molecule has 0 aliphatic heterocycles. The van der Waals surface area contributed by atoms with Gasteiger partial charge in [0.1, 0.15) is 5.82 Å². The van der Waals surface area contributed by atoms with Crippen molar-refractivity contribution >= 4 is 22.6 Å². The molecule has 0 saturated heterocycles. The molecule has 1 aromatic carbocycles. The van der Waals surface area contributed by atoms with Crippen LogP contribution in [0, 0.1) is 5.92 Å². The summed E-state index contributed by atoms with van der Waals surface area (Å²) in [6.45, 7) is 5.15. The monoisotopic (exact) mass is 305 g/mol. The molecule has 1 heterocycles. The van der Waals surface area contributed by atoms with Gasteiger partial charge in [-0.25, -0.2) is 4.98 Å². The SMILES string of the molecule is CC(C)n1c(C2CCCCC2CN)nc2cccc(Cl)c21. The maximum Gasteiger partial charge on any atom is 0.113 e. The van der Waals surface area contributed by atoms with Gasteiger partial charge < -0.3 is 10.3 Å². The van der Waals surface area contributed by atoms with E-state index in [1.165, 1.54) is 31.5 Å². The summed E-state index contributed by atoms with van der Waals surface area (Å²) >= 11 is 6.44. The maximum absolute atomic E-state index is 6.44. The smallest absolute Gasteiger partial charge is 0.113 e. The first-order valence-corrected chi connectivity index (χ1v) is 8.37. The van der Waals surface area contributed by atoms with Crippen molar-refractivity contribution in [3.05, 3.63) is 29.0 Å². The quantitative estimate of drug-likeness (QED) is 0.907. The van der Waals surface area contributed by atoms with Crippen molar-refractivity contribution in [2.45, 2.75) is 51.5 Å². The molecule has 1 aliphatic rings. The third kappa shape index (κ3) is 2.58. The minimum Gasteiger partial charge on any atom is -0.330 e. The van der Waals surface area contributed by atoms with Gasteiger partial charge in [-0.3, -0.25) is 0 Å². The highest BCUT2D eigenvalue weighted by molar-refractivity contribution is 6.35. The fraction of sp³-hybridized carbons (Fsp3) is 0.588. The molecular formula is C17H24ClN3. The third-order valence-corrected chi connectivity index (χ3v) is 5.05. The average Bonchev–Trinajstić information content (AvgIpc) is 2.88. The van der Waals surface area contributed by atoms with Gasteiger partial charge in [0.2, 0.25) is 0 Å². The summed E-state index contributed by atoms with van der Waals surface area (Å²) in [4.78, 5) is 4.94. The van der Waals surface area contributed by atoms with E-state index in [1.807, 2.05) is 12.1 Å². The number of imidazole rings is 1. The number of aromatic nitrogens is 2. The van der Waals surface area contributed by atoms with Crippen LogP contribution in [0.25, 0.3) is 11.0 Å². The minimum atomic E-state index is 0.352. The minimum absolute atomic E-state index is 0.352. The summed E-state index contributed by atoms with van der Waals surface area (Å²) in [5, 5.41) is 0.792. The van der Waals surface area contributed by atoms with Gasteiger partial charge in [0.25, 0.3) is 0 Å². The van der Waals surface area contributed by atoms with E-state index in [9.17, 15) is 0 Å². The number of rotatable bonds is 3. The lowest BCUT2D eigenvalue weighted by Crippen LogP contribution is -2.27. The lowest BCUT2D eigenvalue weighted by Gasteiger charge is -2.31. The van der Waals surface area contributed by atoms with E-state index in [0.717, 1.165) is 22.6 Å². The lowest BCUT2D eigenvalue weighted by molar-refractivity contribution is 0.296. The van der Waals surface area contributed by atoms with Gasteiger partial charge in [-0.05, 0) is 51.3 Å². The normalized spacial score (nSPS) is 23.1. The van der Waals surface area contributed by atoms with Gasteiger partial charge in [-0.1, -0.05) is 30.5 Å². The molecule has 0 amide bonds. The van der Waals surface area contributed by atoms with E-state index in [0.29, 0.717) is 17.9 Å². The van der Waals surface area contributed by atoms with Crippen LogP contribution < -0.4 is 5.73 Å². The molecule has 1 fully saturated rings. The summed E-state index contributed by atoms with van der Waals surface area (Å²) in [5.41, 5.74) is 8.10. The van der Waals surface area contributed by atoms with Crippen LogP contribution in [-0.4, -0.2) is 16.1 Å². The zero-order valence-electron chi connectivity index (χ0n) is 12.8.